The highest BCUT2D eigenvalue weighted by molar-refractivity contribution is 5.85. The summed E-state index contributed by atoms with van der Waals surface area (Å²) in [5.74, 6) is -0.175. The van der Waals surface area contributed by atoms with Crippen LogP contribution in [0.2, 0.25) is 0 Å². The molecule has 2 heterocycles. The monoisotopic (exact) mass is 394 g/mol. The van der Waals surface area contributed by atoms with Gasteiger partial charge in [0.15, 0.2) is 0 Å². The van der Waals surface area contributed by atoms with E-state index in [-0.39, 0.29) is 35.6 Å². The van der Waals surface area contributed by atoms with Gasteiger partial charge in [0, 0.05) is 30.4 Å². The smallest absolute Gasteiger partial charge is 0.227 e. The maximum Gasteiger partial charge on any atom is 0.227 e. The molecule has 148 valence electrons. The molecule has 0 radical (unpaired) electrons. The van der Waals surface area contributed by atoms with E-state index >= 15 is 0 Å². The Hall–Kier alpha value is -1.92. The van der Waals surface area contributed by atoms with Crippen LogP contribution < -0.4 is 5.73 Å². The average Bonchev–Trinajstić information content (AvgIpc) is 2.86. The zero-order valence-electron chi connectivity index (χ0n) is 16.3. The van der Waals surface area contributed by atoms with Crippen molar-refractivity contribution in [3.8, 4) is 5.69 Å². The van der Waals surface area contributed by atoms with Crippen molar-refractivity contribution in [1.82, 2.24) is 14.7 Å². The van der Waals surface area contributed by atoms with E-state index in [0.29, 0.717) is 19.5 Å². The topological polar surface area (TPSA) is 64.2 Å². The van der Waals surface area contributed by atoms with E-state index in [0.717, 1.165) is 29.1 Å². The van der Waals surface area contributed by atoms with Crippen molar-refractivity contribution in [3.63, 3.8) is 0 Å². The second-order valence-corrected chi connectivity index (χ2v) is 7.91. The van der Waals surface area contributed by atoms with Crippen LogP contribution in [0.15, 0.2) is 24.3 Å². The first-order valence-electron chi connectivity index (χ1n) is 9.03. The summed E-state index contributed by atoms with van der Waals surface area (Å²) in [7, 11) is 0. The molecule has 0 spiro atoms. The van der Waals surface area contributed by atoms with Crippen LogP contribution in [0.4, 0.5) is 4.39 Å². The van der Waals surface area contributed by atoms with Crippen LogP contribution in [0.5, 0.6) is 0 Å². The zero-order chi connectivity index (χ0) is 19.1. The summed E-state index contributed by atoms with van der Waals surface area (Å²) >= 11 is 0. The fraction of sp³-hybridized carbons (Fsp3) is 0.500. The molecule has 1 aliphatic heterocycles. The Kier molecular flexibility index (Phi) is 6.32. The first-order chi connectivity index (χ1) is 12.2. The number of hydrogen-bond donors (Lipinski definition) is 1. The molecule has 0 aliphatic carbocycles. The van der Waals surface area contributed by atoms with Gasteiger partial charge >= 0.3 is 0 Å². The number of amides is 1. The molecule has 1 aromatic heterocycles. The summed E-state index contributed by atoms with van der Waals surface area (Å²) in [6.45, 7) is 9.46. The van der Waals surface area contributed by atoms with Crippen LogP contribution in [0.25, 0.3) is 5.69 Å². The largest absolute Gasteiger partial charge is 0.342 e. The normalized spacial score (nSPS) is 18.9. The molecule has 0 bridgehead atoms. The van der Waals surface area contributed by atoms with Crippen molar-refractivity contribution < 1.29 is 9.18 Å². The standard InChI is InChI=1S/C20H27FN4O.ClH/c1-13-17(11-19(26)24-10-9-18(22)20(3,4)12-24)14(2)25(23-13)16-7-5-15(21)6-8-16;/h5-8,18H,9-12,22H2,1-4H3;1H. The minimum atomic E-state index is -0.281. The molecule has 5 nitrogen and oxygen atoms in total. The first-order valence-corrected chi connectivity index (χ1v) is 9.03. The third-order valence-corrected chi connectivity index (χ3v) is 5.51. The average molecular weight is 395 g/mol. The summed E-state index contributed by atoms with van der Waals surface area (Å²) in [6.07, 6.45) is 1.15. The van der Waals surface area contributed by atoms with E-state index in [4.69, 9.17) is 5.73 Å². The summed E-state index contributed by atoms with van der Waals surface area (Å²) in [5, 5.41) is 4.55. The van der Waals surface area contributed by atoms with Gasteiger partial charge < -0.3 is 10.6 Å². The van der Waals surface area contributed by atoms with E-state index in [1.807, 2.05) is 18.7 Å². The lowest BCUT2D eigenvalue weighted by molar-refractivity contribution is -0.133. The van der Waals surface area contributed by atoms with E-state index in [1.165, 1.54) is 12.1 Å². The van der Waals surface area contributed by atoms with Gasteiger partial charge in [-0.1, -0.05) is 13.8 Å². The number of hydrogen-bond acceptors (Lipinski definition) is 3. The fourth-order valence-corrected chi connectivity index (χ4v) is 3.61. The number of benzene rings is 1. The van der Waals surface area contributed by atoms with Gasteiger partial charge in [-0.05, 0) is 49.9 Å². The number of aromatic nitrogens is 2. The van der Waals surface area contributed by atoms with Crippen LogP contribution in [0.1, 0.15) is 37.2 Å². The Morgan fingerprint density at radius 1 is 1.30 bits per heavy atom. The molecule has 27 heavy (non-hydrogen) atoms. The molecule has 1 unspecified atom stereocenters. The molecule has 3 rings (SSSR count). The van der Waals surface area contributed by atoms with Crippen LogP contribution in [0.3, 0.4) is 0 Å². The van der Waals surface area contributed by atoms with Crippen LogP contribution in [0, 0.1) is 25.1 Å². The van der Waals surface area contributed by atoms with Crippen molar-refractivity contribution in [2.75, 3.05) is 13.1 Å². The molecule has 1 aromatic carbocycles. The van der Waals surface area contributed by atoms with Gasteiger partial charge in [0.2, 0.25) is 5.91 Å². The number of halogens is 2. The highest BCUT2D eigenvalue weighted by atomic mass is 35.5. The number of nitrogens with zero attached hydrogens (tertiary/aromatic N) is 3. The van der Waals surface area contributed by atoms with Crippen molar-refractivity contribution in [2.45, 2.75) is 46.6 Å². The van der Waals surface area contributed by atoms with Crippen molar-refractivity contribution in [2.24, 2.45) is 11.1 Å². The Labute approximate surface area is 166 Å². The summed E-state index contributed by atoms with van der Waals surface area (Å²) in [4.78, 5) is 14.8. The highest BCUT2D eigenvalue weighted by Crippen LogP contribution is 2.28. The third-order valence-electron chi connectivity index (χ3n) is 5.51. The Morgan fingerprint density at radius 3 is 2.52 bits per heavy atom. The number of rotatable bonds is 3. The number of nitrogens with two attached hydrogens (primary N) is 1. The van der Waals surface area contributed by atoms with Gasteiger partial charge in [-0.15, -0.1) is 12.4 Å². The molecule has 1 atom stereocenters. The van der Waals surface area contributed by atoms with Gasteiger partial charge in [-0.25, -0.2) is 9.07 Å². The Balaban J connectivity index is 0.00000261. The lowest BCUT2D eigenvalue weighted by Gasteiger charge is -2.42. The van der Waals surface area contributed by atoms with Crippen LogP contribution in [-0.2, 0) is 11.2 Å². The van der Waals surface area contributed by atoms with E-state index in [9.17, 15) is 9.18 Å². The molecule has 1 fully saturated rings. The number of carbonyl (C=O) groups is 1. The molecular weight excluding hydrogens is 367 g/mol. The van der Waals surface area contributed by atoms with Crippen molar-refractivity contribution in [1.29, 1.82) is 0 Å². The van der Waals surface area contributed by atoms with Crippen molar-refractivity contribution >= 4 is 18.3 Å². The summed E-state index contributed by atoms with van der Waals surface area (Å²) in [6, 6.07) is 6.33. The Morgan fingerprint density at radius 2 is 1.93 bits per heavy atom. The predicted octanol–water partition coefficient (Wildman–Crippen LogP) is 3.18. The second kappa shape index (κ2) is 7.98. The van der Waals surface area contributed by atoms with Gasteiger partial charge in [0.05, 0.1) is 17.8 Å². The van der Waals surface area contributed by atoms with E-state index < -0.39 is 0 Å². The lowest BCUT2D eigenvalue weighted by Crippen LogP contribution is -2.54. The van der Waals surface area contributed by atoms with Gasteiger partial charge in [0.1, 0.15) is 5.82 Å². The highest BCUT2D eigenvalue weighted by Gasteiger charge is 2.35. The maximum absolute atomic E-state index is 13.2. The quantitative estimate of drug-likeness (QED) is 0.869. The molecule has 1 aliphatic rings. The molecule has 7 heteroatoms. The number of carbonyl (C=O) groups excluding carboxylic acids is 1. The number of likely N-dealkylation sites (tertiary alicyclic amines) is 1. The molecule has 1 amide bonds. The number of piperidine rings is 1. The third kappa shape index (κ3) is 4.33. The zero-order valence-corrected chi connectivity index (χ0v) is 17.1. The fourth-order valence-electron chi connectivity index (χ4n) is 3.61. The van der Waals surface area contributed by atoms with Crippen molar-refractivity contribution in [3.05, 3.63) is 47.0 Å². The Bertz CT molecular complexity index is 816. The van der Waals surface area contributed by atoms with E-state index in [2.05, 4.69) is 18.9 Å². The lowest BCUT2D eigenvalue weighted by atomic mass is 9.79. The van der Waals surface area contributed by atoms with Crippen LogP contribution >= 0.6 is 12.4 Å². The van der Waals surface area contributed by atoms with Gasteiger partial charge in [-0.2, -0.15) is 5.10 Å². The maximum atomic E-state index is 13.2. The SMILES string of the molecule is Cc1nn(-c2ccc(F)cc2)c(C)c1CC(=O)N1CCC(N)C(C)(C)C1.Cl. The number of aryl methyl sites for hydroxylation is 1. The molecule has 2 N–H and O–H groups in total. The summed E-state index contributed by atoms with van der Waals surface area (Å²) < 4.78 is 14.9. The molecule has 0 saturated carbocycles. The molecular formula is C20H28ClFN4O. The van der Waals surface area contributed by atoms with Crippen LogP contribution in [-0.4, -0.2) is 39.7 Å². The molecule has 2 aromatic rings. The minimum absolute atomic E-state index is 0. The van der Waals surface area contributed by atoms with Gasteiger partial charge in [-0.3, -0.25) is 4.79 Å². The van der Waals surface area contributed by atoms with E-state index in [1.54, 1.807) is 16.8 Å². The molecule has 1 saturated heterocycles. The minimum Gasteiger partial charge on any atom is -0.342 e. The summed E-state index contributed by atoms with van der Waals surface area (Å²) in [5.41, 5.74) is 9.57. The first kappa shape index (κ1) is 21.4. The predicted molar refractivity (Wildman–Crippen MR) is 107 cm³/mol. The van der Waals surface area contributed by atoms with Gasteiger partial charge in [0.25, 0.3) is 0 Å². The second-order valence-electron chi connectivity index (χ2n) is 7.91.